The van der Waals surface area contributed by atoms with Gasteiger partial charge in [-0.25, -0.2) is 0 Å². The molecule has 0 spiro atoms. The van der Waals surface area contributed by atoms with E-state index in [4.69, 9.17) is 9.47 Å². The maximum Gasteiger partial charge on any atom is 0.261 e. The highest BCUT2D eigenvalue weighted by atomic mass is 16.5. The molecule has 8 heteroatoms. The van der Waals surface area contributed by atoms with E-state index in [0.717, 1.165) is 36.6 Å². The van der Waals surface area contributed by atoms with E-state index in [1.54, 1.807) is 38.7 Å². The predicted molar refractivity (Wildman–Crippen MR) is 117 cm³/mol. The maximum atomic E-state index is 13.2. The molecule has 0 bridgehead atoms. The molecule has 1 fully saturated rings. The third kappa shape index (κ3) is 4.39. The van der Waals surface area contributed by atoms with Crippen LogP contribution in [-0.2, 0) is 13.6 Å². The van der Waals surface area contributed by atoms with E-state index < -0.39 is 0 Å². The highest BCUT2D eigenvalue weighted by molar-refractivity contribution is 5.99. The monoisotopic (exact) mass is 421 g/mol. The molecule has 8 nitrogen and oxygen atoms in total. The number of amides is 1. The zero-order chi connectivity index (χ0) is 21.8. The van der Waals surface area contributed by atoms with Gasteiger partial charge in [-0.1, -0.05) is 6.07 Å². The molecule has 2 aromatic heterocycles. The molecule has 1 aliphatic rings. The lowest BCUT2D eigenvalue weighted by Crippen LogP contribution is -2.48. The summed E-state index contributed by atoms with van der Waals surface area (Å²) in [5.41, 5.74) is 3.61. The van der Waals surface area contributed by atoms with Crippen LogP contribution >= 0.6 is 0 Å². The lowest BCUT2D eigenvalue weighted by Gasteiger charge is -2.35. The Bertz CT molecular complexity index is 1020. The van der Waals surface area contributed by atoms with Crippen LogP contribution in [0.3, 0.4) is 0 Å². The Balaban J connectivity index is 1.41. The van der Waals surface area contributed by atoms with Gasteiger partial charge < -0.3 is 14.4 Å². The fourth-order valence-corrected chi connectivity index (χ4v) is 3.88. The van der Waals surface area contributed by atoms with E-state index >= 15 is 0 Å². The van der Waals surface area contributed by atoms with Gasteiger partial charge in [0, 0.05) is 57.7 Å². The van der Waals surface area contributed by atoms with Gasteiger partial charge in [-0.05, 0) is 30.3 Å². The first-order valence-corrected chi connectivity index (χ1v) is 10.3. The Morgan fingerprint density at radius 1 is 1.00 bits per heavy atom. The molecule has 1 amide bonds. The van der Waals surface area contributed by atoms with Gasteiger partial charge in [-0.2, -0.15) is 5.10 Å². The summed E-state index contributed by atoms with van der Waals surface area (Å²) in [5, 5.41) is 4.64. The van der Waals surface area contributed by atoms with Gasteiger partial charge in [0.15, 0.2) is 0 Å². The number of hydrogen-bond acceptors (Lipinski definition) is 6. The summed E-state index contributed by atoms with van der Waals surface area (Å²) in [4.78, 5) is 21.4. The molecule has 0 unspecified atom stereocenters. The molecule has 0 saturated carbocycles. The molecule has 31 heavy (non-hydrogen) atoms. The molecule has 0 radical (unpaired) electrons. The van der Waals surface area contributed by atoms with Gasteiger partial charge in [0.05, 0.1) is 25.6 Å². The molecule has 0 N–H and O–H groups in total. The van der Waals surface area contributed by atoms with Crippen LogP contribution in [0.4, 0.5) is 0 Å². The molecular weight excluding hydrogens is 394 g/mol. The number of carbonyl (C=O) groups excluding carboxylic acids is 1. The molecular formula is C23H27N5O3. The van der Waals surface area contributed by atoms with E-state index in [1.165, 1.54) is 0 Å². The van der Waals surface area contributed by atoms with Crippen molar-refractivity contribution in [3.63, 3.8) is 0 Å². The van der Waals surface area contributed by atoms with Gasteiger partial charge in [0.1, 0.15) is 17.1 Å². The molecule has 3 aromatic rings. The van der Waals surface area contributed by atoms with Crippen molar-refractivity contribution >= 4 is 5.91 Å². The Labute approximate surface area is 182 Å². The first-order valence-electron chi connectivity index (χ1n) is 10.3. The zero-order valence-electron chi connectivity index (χ0n) is 18.1. The third-order valence-electron chi connectivity index (χ3n) is 5.64. The van der Waals surface area contributed by atoms with E-state index in [1.807, 2.05) is 34.8 Å². The number of aromatic nitrogens is 3. The summed E-state index contributed by atoms with van der Waals surface area (Å²) in [6.07, 6.45) is 3.55. The van der Waals surface area contributed by atoms with Crippen LogP contribution < -0.4 is 9.47 Å². The fraction of sp³-hybridized carbons (Fsp3) is 0.348. The van der Waals surface area contributed by atoms with E-state index in [0.29, 0.717) is 30.2 Å². The Kier molecular flexibility index (Phi) is 6.18. The van der Waals surface area contributed by atoms with Crippen LogP contribution in [-0.4, -0.2) is 70.9 Å². The predicted octanol–water partition coefficient (Wildman–Crippen LogP) is 2.46. The quantitative estimate of drug-likeness (QED) is 0.609. The number of hydrogen-bond donors (Lipinski definition) is 0. The Morgan fingerprint density at radius 2 is 1.65 bits per heavy atom. The van der Waals surface area contributed by atoms with Gasteiger partial charge >= 0.3 is 0 Å². The number of aryl methyl sites for hydroxylation is 1. The van der Waals surface area contributed by atoms with Crippen LogP contribution in [0.15, 0.2) is 48.8 Å². The van der Waals surface area contributed by atoms with Crippen LogP contribution in [0.5, 0.6) is 11.5 Å². The fourth-order valence-electron chi connectivity index (χ4n) is 3.88. The number of ether oxygens (including phenoxy) is 2. The smallest absolute Gasteiger partial charge is 0.261 e. The number of nitrogens with zero attached hydrogens (tertiary/aromatic N) is 5. The minimum atomic E-state index is -0.0607. The summed E-state index contributed by atoms with van der Waals surface area (Å²) >= 11 is 0. The molecule has 1 saturated heterocycles. The minimum Gasteiger partial charge on any atom is -0.496 e. The first-order chi connectivity index (χ1) is 15.1. The van der Waals surface area contributed by atoms with Gasteiger partial charge in [0.25, 0.3) is 5.91 Å². The average molecular weight is 422 g/mol. The van der Waals surface area contributed by atoms with Crippen molar-refractivity contribution in [3.8, 4) is 22.8 Å². The lowest BCUT2D eigenvalue weighted by molar-refractivity contribution is 0.0619. The molecule has 3 heterocycles. The minimum absolute atomic E-state index is 0.0607. The van der Waals surface area contributed by atoms with Crippen molar-refractivity contribution in [2.24, 2.45) is 7.05 Å². The largest absolute Gasteiger partial charge is 0.496 e. The van der Waals surface area contributed by atoms with Crippen molar-refractivity contribution in [2.75, 3.05) is 40.4 Å². The molecule has 162 valence electrons. The average Bonchev–Trinajstić information content (AvgIpc) is 3.19. The van der Waals surface area contributed by atoms with E-state index in [2.05, 4.69) is 21.0 Å². The number of carbonyl (C=O) groups is 1. The third-order valence-corrected chi connectivity index (χ3v) is 5.64. The Morgan fingerprint density at radius 3 is 2.26 bits per heavy atom. The number of piperazine rings is 1. The zero-order valence-corrected chi connectivity index (χ0v) is 18.1. The maximum absolute atomic E-state index is 13.2. The van der Waals surface area contributed by atoms with Crippen molar-refractivity contribution in [1.82, 2.24) is 24.6 Å². The second-order valence-electron chi connectivity index (χ2n) is 7.49. The van der Waals surface area contributed by atoms with E-state index in [9.17, 15) is 4.79 Å². The summed E-state index contributed by atoms with van der Waals surface area (Å²) < 4.78 is 12.7. The lowest BCUT2D eigenvalue weighted by atomic mass is 10.1. The highest BCUT2D eigenvalue weighted by Crippen LogP contribution is 2.30. The van der Waals surface area contributed by atoms with Crippen LogP contribution in [0.25, 0.3) is 11.3 Å². The topological polar surface area (TPSA) is 72.7 Å². The number of methoxy groups -OCH3 is 2. The number of benzene rings is 1. The highest BCUT2D eigenvalue weighted by Gasteiger charge is 2.27. The van der Waals surface area contributed by atoms with Crippen LogP contribution in [0.2, 0.25) is 0 Å². The number of rotatable bonds is 6. The first kappa shape index (κ1) is 20.9. The SMILES string of the molecule is COc1cccc(OC)c1C(=O)N1CCN(Cc2cc(-c3ccncc3)nn2C)CC1. The van der Waals surface area contributed by atoms with Crippen molar-refractivity contribution in [2.45, 2.75) is 6.54 Å². The second-order valence-corrected chi connectivity index (χ2v) is 7.49. The standard InChI is InChI=1S/C23H27N5O3/c1-26-18(15-19(25-26)17-7-9-24-10-8-17)16-27-11-13-28(14-12-27)23(29)22-20(30-2)5-4-6-21(22)31-3/h4-10,15H,11-14,16H2,1-3H3. The summed E-state index contributed by atoms with van der Waals surface area (Å²) in [5.74, 6) is 1.00. The summed E-state index contributed by atoms with van der Waals surface area (Å²) in [6, 6.07) is 11.4. The van der Waals surface area contributed by atoms with E-state index in [-0.39, 0.29) is 5.91 Å². The number of pyridine rings is 1. The molecule has 0 atom stereocenters. The van der Waals surface area contributed by atoms with Crippen molar-refractivity contribution in [3.05, 3.63) is 60.0 Å². The van der Waals surface area contributed by atoms with Gasteiger partial charge in [-0.15, -0.1) is 0 Å². The Hall–Kier alpha value is -3.39. The van der Waals surface area contributed by atoms with Gasteiger partial charge in [-0.3, -0.25) is 19.4 Å². The van der Waals surface area contributed by atoms with Crippen molar-refractivity contribution in [1.29, 1.82) is 0 Å². The van der Waals surface area contributed by atoms with Crippen molar-refractivity contribution < 1.29 is 14.3 Å². The van der Waals surface area contributed by atoms with Gasteiger partial charge in [0.2, 0.25) is 0 Å². The molecule has 4 rings (SSSR count). The summed E-state index contributed by atoms with van der Waals surface area (Å²) in [6.45, 7) is 3.66. The summed E-state index contributed by atoms with van der Waals surface area (Å²) in [7, 11) is 5.10. The van der Waals surface area contributed by atoms with Crippen LogP contribution in [0, 0.1) is 0 Å². The molecule has 1 aliphatic heterocycles. The molecule has 1 aromatic carbocycles. The molecule has 0 aliphatic carbocycles. The second kappa shape index (κ2) is 9.18. The van der Waals surface area contributed by atoms with Crippen LogP contribution in [0.1, 0.15) is 16.1 Å². The normalized spacial score (nSPS) is 14.5.